The fraction of sp³-hybridized carbons (Fsp3) is 0.495. The number of amides is 3. The number of aliphatic carboxylic acids is 2. The highest BCUT2D eigenvalue weighted by Gasteiger charge is 2.50. The third kappa shape index (κ3) is 31.3. The lowest BCUT2D eigenvalue weighted by Gasteiger charge is -2.54. The smallest absolute Gasteiger partial charge is 0.314 e. The zero-order valence-electron chi connectivity index (χ0n) is 72.4. The van der Waals surface area contributed by atoms with Gasteiger partial charge in [-0.05, 0) is 244 Å². The molecule has 13 fully saturated rings. The molecule has 24 nitrogen and oxygen atoms in total. The van der Waals surface area contributed by atoms with Crippen molar-refractivity contribution in [2.75, 3.05) is 34.7 Å². The molecule has 0 spiro atoms. The number of hydrazine groups is 3. The molecule has 5 heterocycles. The van der Waals surface area contributed by atoms with Crippen molar-refractivity contribution in [1.82, 2.24) is 20.8 Å². The number of hydrogen-bond acceptors (Lipinski definition) is 19. The number of carboxylic acid groups (broad SMARTS) is 2. The van der Waals surface area contributed by atoms with E-state index >= 15 is 0 Å². The SMILES string of the molecule is C#C.CC(C)(C)O.CC(C)(C)OC(=O)CCC(=O)O.Fc1ccccc1N1NCCC1c1ccccc1Cl.II.NC1C2CC3CC(C2)CC1C3.O=C(CCC(=O)N1CCC(c2ccccc2Cl)N1c1ccccc1F)NC1C2CC3CC(C2)CC1C3.O=C(O)CCC(=O)N1CCC(c2ccccc2Cl)N1c1ccccc1F.O=C1CCC(=O)O1.O=C1CCC(=O)O1. The Bertz CT molecular complexity index is 4580. The molecule has 127 heavy (non-hydrogen) atoms. The summed E-state index contributed by atoms with van der Waals surface area (Å²) >= 11 is 23.3. The van der Waals surface area contributed by atoms with Crippen molar-refractivity contribution in [2.24, 2.45) is 53.1 Å². The van der Waals surface area contributed by atoms with Gasteiger partial charge in [0.25, 0.3) is 0 Å². The normalized spacial score (nSPS) is 23.9. The average molecular weight is 2040 g/mol. The Hall–Kier alpha value is -8.62. The summed E-state index contributed by atoms with van der Waals surface area (Å²) in [6, 6.07) is 42.3. The van der Waals surface area contributed by atoms with Crippen LogP contribution >= 0.6 is 72.0 Å². The number of nitrogens with two attached hydrogens (primary N) is 1. The Morgan fingerprint density at radius 3 is 1.14 bits per heavy atom. The predicted octanol–water partition coefficient (Wildman–Crippen LogP) is 19.3. The van der Waals surface area contributed by atoms with Gasteiger partial charge in [-0.3, -0.25) is 73.0 Å². The van der Waals surface area contributed by atoms with Crippen LogP contribution in [0.3, 0.4) is 0 Å². The number of hydrogen-bond donors (Lipinski definition) is 6. The fourth-order valence-electron chi connectivity index (χ4n) is 18.8. The standard InChI is InChI=1S/C29H33ClFN3O2.C19H18ClFN2O3.C15H14ClFN2.C10H17N.C8H14O4.2C4H4O3.C4H10O.C2H2.I2/c30-23-6-2-1-5-22(23)25-11-12-33(34(25)26-8-4-3-7-24(26)31)28(36)10-9-27(35)32-29-20-14-18-13-19(16-20)17-21(29)15-18;20-14-6-2-1-5-13(14)16-11-12-22(18(24)9-10-19(25)26)23(16)17-8-4-3-7-15(17)21;16-12-6-2-1-5-11(12)14-9-10-18-19(14)15-8-4-3-7-13(15)17;11-10-8-2-6-1-7(4-8)5-9(10)3-6;1-8(2,3)12-7(11)5-4-6(9)10;2*5-3-1-2-4(6)7-3;1-4(2,3)5;2*1-2/h1-8,18-21,25,29H,9-17H2,(H,32,35);1-8,16H,9-12H2,(H,25,26);1-8,14,18H,9-10H2;6-10H,1-5,11H2;4-5H2,1-3H3,(H,9,10);2*1-2H2;5H,1-3H3;1-2H;. The van der Waals surface area contributed by atoms with E-state index in [0.717, 1.165) is 70.2 Å². The fourth-order valence-corrected chi connectivity index (χ4v) is 19.5. The molecule has 3 amide bonds. The molecule has 32 heteroatoms. The van der Waals surface area contributed by atoms with Crippen LogP contribution in [0.15, 0.2) is 146 Å². The predicted molar refractivity (Wildman–Crippen MR) is 498 cm³/mol. The van der Waals surface area contributed by atoms with Crippen LogP contribution in [0.2, 0.25) is 15.1 Å². The van der Waals surface area contributed by atoms with Gasteiger partial charge in [-0.1, -0.05) is 126 Å². The number of cyclic esters (lactones) is 4. The lowest BCUT2D eigenvalue weighted by molar-refractivity contribution is -0.157. The zero-order valence-corrected chi connectivity index (χ0v) is 79.0. The van der Waals surface area contributed by atoms with Gasteiger partial charge in [-0.2, -0.15) is 0 Å². The van der Waals surface area contributed by atoms with Crippen molar-refractivity contribution in [3.63, 3.8) is 0 Å². The summed E-state index contributed by atoms with van der Waals surface area (Å²) in [5.74, 6) is 1.18. The van der Waals surface area contributed by atoms with Crippen LogP contribution in [0.4, 0.5) is 30.2 Å². The van der Waals surface area contributed by atoms with Crippen LogP contribution in [0, 0.1) is 77.6 Å². The van der Waals surface area contributed by atoms with Gasteiger partial charge in [0.1, 0.15) is 23.1 Å². The molecule has 0 radical (unpaired) electrons. The molecule has 3 atom stereocenters. The molecule has 5 saturated heterocycles. The average Bonchev–Trinajstić information content (AvgIpc) is 1.11. The van der Waals surface area contributed by atoms with Gasteiger partial charge in [0, 0.05) is 103 Å². The number of esters is 5. The molecule has 5 aliphatic heterocycles. The molecule has 8 saturated carbocycles. The van der Waals surface area contributed by atoms with Crippen LogP contribution in [0.5, 0.6) is 0 Å². The Labute approximate surface area is 780 Å². The highest BCUT2D eigenvalue weighted by molar-refractivity contribution is 15.0. The Kier molecular flexibility index (Phi) is 40.8. The molecule has 7 N–H and O–H groups in total. The van der Waals surface area contributed by atoms with Gasteiger partial charge in [-0.25, -0.2) is 18.6 Å². The number of carbonyl (C=O) groups is 10. The largest absolute Gasteiger partial charge is 0.481 e. The molecule has 3 unspecified atom stereocenters. The number of nitrogens with zero attached hydrogens (tertiary/aromatic N) is 5. The second kappa shape index (κ2) is 50.0. The second-order valence-electron chi connectivity index (χ2n) is 35.1. The van der Waals surface area contributed by atoms with Gasteiger partial charge >= 0.3 is 41.8 Å². The van der Waals surface area contributed by atoms with Gasteiger partial charge in [0.2, 0.25) is 17.7 Å². The third-order valence-electron chi connectivity index (χ3n) is 23.5. The maximum absolute atomic E-state index is 14.9. The van der Waals surface area contributed by atoms with E-state index in [-0.39, 0.29) is 118 Å². The van der Waals surface area contributed by atoms with E-state index < -0.39 is 64.6 Å². The number of anilines is 3. The number of nitrogens with one attached hydrogen (secondary N) is 2. The molecule has 8 bridgehead atoms. The van der Waals surface area contributed by atoms with Crippen molar-refractivity contribution < 1.29 is 90.6 Å². The number of carboxylic acids is 2. The van der Waals surface area contributed by atoms with E-state index in [9.17, 15) is 61.1 Å². The Balaban J connectivity index is 0.000000193. The van der Waals surface area contributed by atoms with Crippen LogP contribution < -0.4 is 31.5 Å². The van der Waals surface area contributed by atoms with E-state index in [1.807, 2.05) is 77.8 Å². The molecule has 6 aromatic carbocycles. The second-order valence-corrected chi connectivity index (χ2v) is 36.3. The van der Waals surface area contributed by atoms with Gasteiger partial charge in [0.15, 0.2) is 0 Å². The highest BCUT2D eigenvalue weighted by atomic mass is 128. The Morgan fingerprint density at radius 2 is 0.803 bits per heavy atom. The molecular formula is C95H116Cl3F3I2N8O16. The number of rotatable bonds is 16. The maximum atomic E-state index is 14.9. The molecule has 13 aliphatic rings. The number of para-hydroxylation sites is 3. The summed E-state index contributed by atoms with van der Waals surface area (Å²) in [6.07, 6.45) is 24.5. The first-order valence-electron chi connectivity index (χ1n) is 43.0. The number of carbonyl (C=O) groups excluding carboxylic acids is 8. The van der Waals surface area contributed by atoms with Crippen LogP contribution in [0.25, 0.3) is 0 Å². The van der Waals surface area contributed by atoms with Crippen LogP contribution in [-0.4, -0.2) is 128 Å². The minimum Gasteiger partial charge on any atom is -0.481 e. The van der Waals surface area contributed by atoms with Gasteiger partial charge in [-0.15, -0.1) is 12.8 Å². The van der Waals surface area contributed by atoms with Crippen LogP contribution in [-0.2, 0) is 62.2 Å². The summed E-state index contributed by atoms with van der Waals surface area (Å²) in [6.45, 7) is 12.1. The van der Waals surface area contributed by atoms with Crippen molar-refractivity contribution >= 4 is 149 Å². The number of benzene rings is 6. The number of halogens is 8. The van der Waals surface area contributed by atoms with E-state index in [1.54, 1.807) is 118 Å². The molecule has 688 valence electrons. The zero-order chi connectivity index (χ0) is 93.0. The summed E-state index contributed by atoms with van der Waals surface area (Å²) in [4.78, 5) is 111. The van der Waals surface area contributed by atoms with Crippen molar-refractivity contribution in [3.8, 4) is 12.8 Å². The number of terminal acetylenes is 1. The van der Waals surface area contributed by atoms with E-state index in [2.05, 4.69) is 70.3 Å². The first-order valence-corrected chi connectivity index (χ1v) is 50.4. The molecular weight excluding hydrogens is 1930 g/mol. The first-order chi connectivity index (χ1) is 60.4. The molecule has 6 aromatic rings. The van der Waals surface area contributed by atoms with E-state index in [4.69, 9.17) is 60.6 Å². The van der Waals surface area contributed by atoms with Crippen molar-refractivity contribution in [3.05, 3.63) is 195 Å². The molecule has 8 aliphatic carbocycles. The van der Waals surface area contributed by atoms with Gasteiger partial charge < -0.3 is 40.6 Å². The maximum Gasteiger partial charge on any atom is 0.314 e. The topological polar surface area (TPSA) is 325 Å². The quantitative estimate of drug-likeness (QED) is 0.0172. The van der Waals surface area contributed by atoms with E-state index in [1.165, 1.54) is 81.0 Å². The highest BCUT2D eigenvalue weighted by Crippen LogP contribution is 2.55. The minimum absolute atomic E-state index is 0.0416. The van der Waals surface area contributed by atoms with Crippen molar-refractivity contribution in [2.45, 2.75) is 231 Å². The van der Waals surface area contributed by atoms with E-state index in [0.29, 0.717) is 65.2 Å². The summed E-state index contributed by atoms with van der Waals surface area (Å²) in [5, 5.41) is 39.0. The summed E-state index contributed by atoms with van der Waals surface area (Å²) < 4.78 is 56.4. The monoisotopic (exact) mass is 2040 g/mol. The van der Waals surface area contributed by atoms with Gasteiger partial charge in [0.05, 0.1) is 85.7 Å². The number of ether oxygens (including phenoxy) is 3. The van der Waals surface area contributed by atoms with Crippen molar-refractivity contribution in [1.29, 1.82) is 0 Å². The minimum atomic E-state index is -1.04. The molecule has 19 rings (SSSR count). The third-order valence-corrected chi connectivity index (χ3v) is 24.5. The first kappa shape index (κ1) is 104. The van der Waals surface area contributed by atoms with Crippen LogP contribution in [0.1, 0.15) is 224 Å². The summed E-state index contributed by atoms with van der Waals surface area (Å²) in [7, 11) is 0. The number of aliphatic hydroxyl groups is 1. The summed E-state index contributed by atoms with van der Waals surface area (Å²) in [5.41, 5.74) is 12.2. The Morgan fingerprint density at radius 1 is 0.480 bits per heavy atom. The lowest BCUT2D eigenvalue weighted by Crippen LogP contribution is -2.55. The molecule has 0 aromatic heterocycles. The lowest BCUT2D eigenvalue weighted by atomic mass is 9.54.